The molecule has 1 atom stereocenters. The highest BCUT2D eigenvalue weighted by Gasteiger charge is 2.31. The van der Waals surface area contributed by atoms with Crippen molar-refractivity contribution in [3.05, 3.63) is 62.9 Å². The smallest absolute Gasteiger partial charge is 0.252 e. The molecule has 0 radical (unpaired) electrons. The molecule has 3 aromatic rings. The Bertz CT molecular complexity index is 1400. The molecule has 3 heterocycles. The highest BCUT2D eigenvalue weighted by atomic mass is 35.5. The Morgan fingerprint density at radius 1 is 1.09 bits per heavy atom. The summed E-state index contributed by atoms with van der Waals surface area (Å²) in [6.07, 6.45) is 1.41. The molecular formula is C24H25ClN2O6S. The number of sulfonamides is 1. The number of hydrogen-bond acceptors (Lipinski definition) is 6. The summed E-state index contributed by atoms with van der Waals surface area (Å²) in [6, 6.07) is 10.0. The first kappa shape index (κ1) is 23.2. The summed E-state index contributed by atoms with van der Waals surface area (Å²) in [7, 11) is -3.95. The van der Waals surface area contributed by atoms with E-state index in [0.29, 0.717) is 53.0 Å². The summed E-state index contributed by atoms with van der Waals surface area (Å²) in [5, 5.41) is 1.06. The molecule has 1 aromatic heterocycles. The van der Waals surface area contributed by atoms with E-state index in [-0.39, 0.29) is 29.6 Å². The molecule has 1 fully saturated rings. The number of aryl methyl sites for hydroxylation is 1. The van der Waals surface area contributed by atoms with E-state index >= 15 is 0 Å². The maximum atomic E-state index is 13.7. The maximum absolute atomic E-state index is 13.7. The van der Waals surface area contributed by atoms with Crippen molar-refractivity contribution < 1.29 is 22.6 Å². The van der Waals surface area contributed by atoms with E-state index < -0.39 is 10.0 Å². The molecule has 0 unspecified atom stereocenters. The van der Waals surface area contributed by atoms with Gasteiger partial charge in [-0.05, 0) is 49.6 Å². The van der Waals surface area contributed by atoms with Crippen LogP contribution in [-0.4, -0.2) is 50.2 Å². The summed E-state index contributed by atoms with van der Waals surface area (Å²) < 4.78 is 45.7. The number of halogens is 1. The van der Waals surface area contributed by atoms with E-state index in [4.69, 9.17) is 25.8 Å². The molecule has 2 aliphatic heterocycles. The van der Waals surface area contributed by atoms with Gasteiger partial charge in [0.1, 0.15) is 13.2 Å². The van der Waals surface area contributed by atoms with Gasteiger partial charge in [0, 0.05) is 41.7 Å². The van der Waals surface area contributed by atoms with Crippen LogP contribution >= 0.6 is 11.6 Å². The molecule has 1 N–H and O–H groups in total. The third-order valence-electron chi connectivity index (χ3n) is 6.13. The third kappa shape index (κ3) is 4.53. The van der Waals surface area contributed by atoms with Gasteiger partial charge in [-0.25, -0.2) is 8.42 Å². The first-order valence-electron chi connectivity index (χ1n) is 11.1. The second-order valence-corrected chi connectivity index (χ2v) is 10.9. The van der Waals surface area contributed by atoms with Gasteiger partial charge in [-0.2, -0.15) is 4.31 Å². The number of fused-ring (bicyclic) bond motifs is 2. The molecule has 10 heteroatoms. The number of aromatic nitrogens is 1. The van der Waals surface area contributed by atoms with Crippen molar-refractivity contribution in [2.24, 2.45) is 0 Å². The Labute approximate surface area is 202 Å². The quantitative estimate of drug-likeness (QED) is 0.550. The van der Waals surface area contributed by atoms with Crippen molar-refractivity contribution in [2.75, 3.05) is 26.4 Å². The Morgan fingerprint density at radius 3 is 2.59 bits per heavy atom. The Morgan fingerprint density at radius 2 is 1.85 bits per heavy atom. The Balaban J connectivity index is 1.55. The van der Waals surface area contributed by atoms with Crippen LogP contribution in [0.3, 0.4) is 0 Å². The summed E-state index contributed by atoms with van der Waals surface area (Å²) in [6.45, 7) is 3.25. The minimum atomic E-state index is -3.95. The van der Waals surface area contributed by atoms with Crippen molar-refractivity contribution in [1.29, 1.82) is 0 Å². The predicted molar refractivity (Wildman–Crippen MR) is 128 cm³/mol. The van der Waals surface area contributed by atoms with E-state index in [2.05, 4.69) is 4.98 Å². The molecule has 0 saturated carbocycles. The van der Waals surface area contributed by atoms with E-state index in [9.17, 15) is 13.2 Å². The van der Waals surface area contributed by atoms with Crippen LogP contribution in [0.5, 0.6) is 11.5 Å². The standard InChI is InChI=1S/C24H25ClN2O6S/c1-15-4-5-18(25)11-23(15)34(29,30)27(14-19-3-2-6-31-19)13-17-9-16-10-21-22(33-8-7-32-21)12-20(16)26-24(17)28/h4-5,9-12,19H,2-3,6-8,13-14H2,1H3,(H,26,28)/t19-/m0/s1. The van der Waals surface area contributed by atoms with Gasteiger partial charge in [-0.1, -0.05) is 17.7 Å². The van der Waals surface area contributed by atoms with Crippen LogP contribution in [-0.2, 0) is 21.3 Å². The van der Waals surface area contributed by atoms with Crippen molar-refractivity contribution in [3.8, 4) is 11.5 Å². The maximum Gasteiger partial charge on any atom is 0.252 e. The molecular weight excluding hydrogens is 480 g/mol. The summed E-state index contributed by atoms with van der Waals surface area (Å²) in [5.41, 5.74) is 1.14. The summed E-state index contributed by atoms with van der Waals surface area (Å²) in [4.78, 5) is 15.9. The van der Waals surface area contributed by atoms with Gasteiger partial charge >= 0.3 is 0 Å². The largest absolute Gasteiger partial charge is 0.486 e. The van der Waals surface area contributed by atoms with E-state index in [1.807, 2.05) is 0 Å². The molecule has 0 aliphatic carbocycles. The van der Waals surface area contributed by atoms with Crippen LogP contribution in [0.25, 0.3) is 10.9 Å². The zero-order chi connectivity index (χ0) is 23.9. The van der Waals surface area contributed by atoms with Gasteiger partial charge in [0.2, 0.25) is 10.0 Å². The molecule has 5 rings (SSSR count). The molecule has 0 spiro atoms. The minimum Gasteiger partial charge on any atom is -0.486 e. The second-order valence-electron chi connectivity index (χ2n) is 8.55. The van der Waals surface area contributed by atoms with Gasteiger partial charge in [-0.3, -0.25) is 4.79 Å². The zero-order valence-corrected chi connectivity index (χ0v) is 20.2. The van der Waals surface area contributed by atoms with E-state index in [1.165, 1.54) is 10.4 Å². The molecule has 1 saturated heterocycles. The van der Waals surface area contributed by atoms with Crippen LogP contribution in [0.4, 0.5) is 0 Å². The molecule has 0 bridgehead atoms. The second kappa shape index (κ2) is 9.22. The number of hydrogen-bond donors (Lipinski definition) is 1. The van der Waals surface area contributed by atoms with Crippen LogP contribution in [0.1, 0.15) is 24.0 Å². The van der Waals surface area contributed by atoms with Crippen molar-refractivity contribution >= 4 is 32.5 Å². The summed E-state index contributed by atoms with van der Waals surface area (Å²) in [5.74, 6) is 1.16. The molecule has 0 amide bonds. The highest BCUT2D eigenvalue weighted by molar-refractivity contribution is 7.89. The lowest BCUT2D eigenvalue weighted by molar-refractivity contribution is 0.0925. The first-order chi connectivity index (χ1) is 16.3. The highest BCUT2D eigenvalue weighted by Crippen LogP contribution is 2.34. The molecule has 8 nitrogen and oxygen atoms in total. The van der Waals surface area contributed by atoms with Crippen molar-refractivity contribution in [2.45, 2.75) is 37.3 Å². The number of pyridine rings is 1. The van der Waals surface area contributed by atoms with Gasteiger partial charge in [-0.15, -0.1) is 0 Å². The first-order valence-corrected chi connectivity index (χ1v) is 13.0. The molecule has 34 heavy (non-hydrogen) atoms. The fourth-order valence-corrected chi connectivity index (χ4v) is 6.29. The van der Waals surface area contributed by atoms with E-state index in [0.717, 1.165) is 18.2 Å². The van der Waals surface area contributed by atoms with Crippen molar-refractivity contribution in [1.82, 2.24) is 9.29 Å². The monoisotopic (exact) mass is 504 g/mol. The normalized spacial score (nSPS) is 18.0. The fraction of sp³-hybridized carbons (Fsp3) is 0.375. The topological polar surface area (TPSA) is 97.9 Å². The molecule has 180 valence electrons. The third-order valence-corrected chi connectivity index (χ3v) is 8.32. The molecule has 2 aliphatic rings. The summed E-state index contributed by atoms with van der Waals surface area (Å²) >= 11 is 6.12. The zero-order valence-electron chi connectivity index (χ0n) is 18.7. The van der Waals surface area contributed by atoms with Crippen LogP contribution < -0.4 is 15.0 Å². The number of ether oxygens (including phenoxy) is 3. The number of nitrogens with one attached hydrogen (secondary N) is 1. The molecule has 2 aromatic carbocycles. The lowest BCUT2D eigenvalue weighted by atomic mass is 10.1. The lowest BCUT2D eigenvalue weighted by Gasteiger charge is -2.26. The average Bonchev–Trinajstić information content (AvgIpc) is 3.32. The number of benzene rings is 2. The van der Waals surface area contributed by atoms with Gasteiger partial charge < -0.3 is 19.2 Å². The minimum absolute atomic E-state index is 0.103. The van der Waals surface area contributed by atoms with Crippen molar-refractivity contribution in [3.63, 3.8) is 0 Å². The fourth-order valence-electron chi connectivity index (χ4n) is 4.35. The van der Waals surface area contributed by atoms with E-state index in [1.54, 1.807) is 37.3 Å². The van der Waals surface area contributed by atoms with Gasteiger partial charge in [0.15, 0.2) is 11.5 Å². The van der Waals surface area contributed by atoms with Crippen LogP contribution in [0, 0.1) is 6.92 Å². The number of aromatic amines is 1. The SMILES string of the molecule is Cc1ccc(Cl)cc1S(=O)(=O)N(Cc1cc2cc3c(cc2[nH]c1=O)OCCO3)C[C@@H]1CCCO1. The van der Waals surface area contributed by atoms with Crippen LogP contribution in [0.2, 0.25) is 5.02 Å². The number of H-pyrrole nitrogens is 1. The average molecular weight is 505 g/mol. The Kier molecular flexibility index (Phi) is 6.28. The van der Waals surface area contributed by atoms with Gasteiger partial charge in [0.05, 0.1) is 16.5 Å². The van der Waals surface area contributed by atoms with Gasteiger partial charge in [0.25, 0.3) is 5.56 Å². The lowest BCUT2D eigenvalue weighted by Crippen LogP contribution is -2.38. The van der Waals surface area contributed by atoms with Crippen LogP contribution in [0.15, 0.2) is 46.1 Å². The number of rotatable bonds is 6. The number of nitrogens with zero attached hydrogens (tertiary/aromatic N) is 1. The Hall–Kier alpha value is -2.59. The predicted octanol–water partition coefficient (Wildman–Crippen LogP) is 3.63.